The van der Waals surface area contributed by atoms with Crippen molar-refractivity contribution in [1.29, 1.82) is 0 Å². The van der Waals surface area contributed by atoms with Gasteiger partial charge in [-0.2, -0.15) is 0 Å². The molecule has 0 spiro atoms. The third-order valence-corrected chi connectivity index (χ3v) is 5.83. The lowest BCUT2D eigenvalue weighted by atomic mass is 10.0. The van der Waals surface area contributed by atoms with E-state index in [-0.39, 0.29) is 11.9 Å². The summed E-state index contributed by atoms with van der Waals surface area (Å²) >= 11 is 12.4. The summed E-state index contributed by atoms with van der Waals surface area (Å²) in [5.74, 6) is -0.681. The van der Waals surface area contributed by atoms with Crippen molar-refractivity contribution in [3.8, 4) is 11.3 Å². The molecule has 34 heavy (non-hydrogen) atoms. The lowest BCUT2D eigenvalue weighted by molar-refractivity contribution is 0.0499. The van der Waals surface area contributed by atoms with Gasteiger partial charge in [-0.05, 0) is 61.0 Å². The van der Waals surface area contributed by atoms with Crippen molar-refractivity contribution in [3.63, 3.8) is 0 Å². The number of anilines is 1. The lowest BCUT2D eigenvalue weighted by Gasteiger charge is -2.12. The average molecular weight is 493 g/mol. The van der Waals surface area contributed by atoms with Crippen molar-refractivity contribution in [1.82, 2.24) is 4.98 Å². The Hall–Kier alpha value is -3.41. The van der Waals surface area contributed by atoms with E-state index in [1.807, 2.05) is 31.2 Å². The number of nitrogens with zero attached hydrogens (tertiary/aromatic N) is 1. The number of benzene rings is 3. The van der Waals surface area contributed by atoms with Crippen molar-refractivity contribution in [3.05, 3.63) is 94.0 Å². The largest absolute Gasteiger partial charge is 0.462 e. The fourth-order valence-corrected chi connectivity index (χ4v) is 3.98. The van der Waals surface area contributed by atoms with Gasteiger partial charge in [0.2, 0.25) is 0 Å². The minimum atomic E-state index is -0.379. The number of amides is 1. The van der Waals surface area contributed by atoms with E-state index in [1.165, 1.54) is 0 Å². The van der Waals surface area contributed by atoms with Gasteiger partial charge >= 0.3 is 5.97 Å². The summed E-state index contributed by atoms with van der Waals surface area (Å²) in [7, 11) is 0. The van der Waals surface area contributed by atoms with Crippen LogP contribution in [0.1, 0.15) is 40.5 Å². The number of para-hydroxylation sites is 1. The van der Waals surface area contributed by atoms with E-state index in [2.05, 4.69) is 10.3 Å². The molecule has 0 unspecified atom stereocenters. The zero-order valence-electron chi connectivity index (χ0n) is 18.5. The van der Waals surface area contributed by atoms with Gasteiger partial charge < -0.3 is 10.1 Å². The standard InChI is InChI=1S/C27H22Cl2N2O3/c1-2-3-14-34-27(33)17-8-11-19(12-9-17)30-26(32)22-16-25(21-13-10-18(28)15-23(21)29)31-24-7-5-4-6-20(22)24/h4-13,15-16H,2-3,14H2,1H3,(H,30,32). The Morgan fingerprint density at radius 1 is 0.971 bits per heavy atom. The van der Waals surface area contributed by atoms with E-state index in [9.17, 15) is 9.59 Å². The third-order valence-electron chi connectivity index (χ3n) is 5.28. The molecule has 1 N–H and O–H groups in total. The molecule has 0 fully saturated rings. The molecule has 7 heteroatoms. The summed E-state index contributed by atoms with van der Waals surface area (Å²) in [6.07, 6.45) is 1.77. The van der Waals surface area contributed by atoms with Crippen LogP contribution in [0.15, 0.2) is 72.8 Å². The second-order valence-corrected chi connectivity index (χ2v) is 8.56. The van der Waals surface area contributed by atoms with Gasteiger partial charge in [0.25, 0.3) is 5.91 Å². The summed E-state index contributed by atoms with van der Waals surface area (Å²) in [4.78, 5) is 30.1. The van der Waals surface area contributed by atoms with Gasteiger partial charge in [-0.1, -0.05) is 54.7 Å². The first-order chi connectivity index (χ1) is 16.5. The van der Waals surface area contributed by atoms with Gasteiger partial charge in [0.1, 0.15) is 0 Å². The van der Waals surface area contributed by atoms with Crippen LogP contribution >= 0.6 is 23.2 Å². The number of aromatic nitrogens is 1. The Bertz CT molecular complexity index is 1350. The molecule has 4 aromatic rings. The molecule has 0 bridgehead atoms. The number of rotatable bonds is 7. The Labute approximate surface area is 207 Å². The topological polar surface area (TPSA) is 68.3 Å². The van der Waals surface area contributed by atoms with Gasteiger partial charge in [-0.25, -0.2) is 9.78 Å². The minimum Gasteiger partial charge on any atom is -0.462 e. The molecule has 0 atom stereocenters. The van der Waals surface area contributed by atoms with Crippen LogP contribution in [0.4, 0.5) is 5.69 Å². The van der Waals surface area contributed by atoms with Gasteiger partial charge in [-0.3, -0.25) is 4.79 Å². The third kappa shape index (κ3) is 5.38. The molecular formula is C27H22Cl2N2O3. The van der Waals surface area contributed by atoms with Crippen molar-refractivity contribution in [2.75, 3.05) is 11.9 Å². The van der Waals surface area contributed by atoms with Crippen molar-refractivity contribution < 1.29 is 14.3 Å². The highest BCUT2D eigenvalue weighted by Crippen LogP contribution is 2.32. The number of carbonyl (C=O) groups excluding carboxylic acids is 2. The SMILES string of the molecule is CCCCOC(=O)c1ccc(NC(=O)c2cc(-c3ccc(Cl)cc3Cl)nc3ccccc23)cc1. The minimum absolute atomic E-state index is 0.303. The highest BCUT2D eigenvalue weighted by atomic mass is 35.5. The summed E-state index contributed by atoms with van der Waals surface area (Å²) < 4.78 is 5.23. The lowest BCUT2D eigenvalue weighted by Crippen LogP contribution is -2.13. The quantitative estimate of drug-likeness (QED) is 0.215. The Morgan fingerprint density at radius 3 is 2.47 bits per heavy atom. The number of hydrogen-bond acceptors (Lipinski definition) is 4. The van der Waals surface area contributed by atoms with E-state index < -0.39 is 0 Å². The maximum Gasteiger partial charge on any atom is 0.338 e. The number of esters is 1. The van der Waals surface area contributed by atoms with Crippen molar-refractivity contribution in [2.24, 2.45) is 0 Å². The molecule has 0 saturated carbocycles. The van der Waals surface area contributed by atoms with E-state index >= 15 is 0 Å². The fraction of sp³-hybridized carbons (Fsp3) is 0.148. The van der Waals surface area contributed by atoms with Crippen LogP contribution in [-0.2, 0) is 4.74 Å². The molecule has 5 nitrogen and oxygen atoms in total. The average Bonchev–Trinajstić information content (AvgIpc) is 2.84. The molecule has 0 saturated heterocycles. The number of hydrogen-bond donors (Lipinski definition) is 1. The summed E-state index contributed by atoms with van der Waals surface area (Å²) in [5, 5.41) is 4.58. The summed E-state index contributed by atoms with van der Waals surface area (Å²) in [5.41, 5.74) is 3.36. The molecule has 172 valence electrons. The Balaban J connectivity index is 1.61. The van der Waals surface area contributed by atoms with Gasteiger partial charge in [0.15, 0.2) is 0 Å². The molecule has 1 heterocycles. The normalized spacial score (nSPS) is 10.8. The van der Waals surface area contributed by atoms with Crippen LogP contribution in [0, 0.1) is 0 Å². The van der Waals surface area contributed by atoms with Gasteiger partial charge in [-0.15, -0.1) is 0 Å². The number of halogens is 2. The molecule has 0 aliphatic carbocycles. The molecule has 1 aromatic heterocycles. The maximum absolute atomic E-state index is 13.3. The van der Waals surface area contributed by atoms with Crippen LogP contribution in [0.25, 0.3) is 22.2 Å². The second-order valence-electron chi connectivity index (χ2n) is 7.72. The molecule has 0 radical (unpaired) electrons. The first-order valence-electron chi connectivity index (χ1n) is 10.9. The molecule has 1 amide bonds. The number of ether oxygens (including phenoxy) is 1. The first kappa shape index (κ1) is 23.7. The van der Waals surface area contributed by atoms with E-state index in [0.29, 0.717) is 55.6 Å². The molecule has 4 rings (SSSR count). The van der Waals surface area contributed by atoms with Gasteiger partial charge in [0.05, 0.1) is 34.0 Å². The summed E-state index contributed by atoms with van der Waals surface area (Å²) in [6, 6.07) is 20.9. The fourth-order valence-electron chi connectivity index (χ4n) is 3.48. The molecular weight excluding hydrogens is 471 g/mol. The highest BCUT2D eigenvalue weighted by Gasteiger charge is 2.16. The molecule has 0 aliphatic heterocycles. The van der Waals surface area contributed by atoms with E-state index in [4.69, 9.17) is 27.9 Å². The molecule has 3 aromatic carbocycles. The predicted octanol–water partition coefficient (Wildman–Crippen LogP) is 7.42. The van der Waals surface area contributed by atoms with Crippen LogP contribution < -0.4 is 5.32 Å². The second kappa shape index (κ2) is 10.7. The van der Waals surface area contributed by atoms with Gasteiger partial charge in [0, 0.05) is 21.7 Å². The number of pyridine rings is 1. The number of nitrogens with one attached hydrogen (secondary N) is 1. The zero-order valence-corrected chi connectivity index (χ0v) is 20.0. The Morgan fingerprint density at radius 2 is 1.74 bits per heavy atom. The Kier molecular flexibility index (Phi) is 7.46. The highest BCUT2D eigenvalue weighted by molar-refractivity contribution is 6.36. The van der Waals surface area contributed by atoms with Crippen LogP contribution in [0.2, 0.25) is 10.0 Å². The summed E-state index contributed by atoms with van der Waals surface area (Å²) in [6.45, 7) is 2.42. The van der Waals surface area contributed by atoms with Crippen LogP contribution in [-0.4, -0.2) is 23.5 Å². The molecule has 0 aliphatic rings. The number of unbranched alkanes of at least 4 members (excludes halogenated alkanes) is 1. The number of fused-ring (bicyclic) bond motifs is 1. The predicted molar refractivity (Wildman–Crippen MR) is 137 cm³/mol. The smallest absolute Gasteiger partial charge is 0.338 e. The zero-order chi connectivity index (χ0) is 24.1. The van der Waals surface area contributed by atoms with E-state index in [0.717, 1.165) is 12.8 Å². The number of carbonyl (C=O) groups is 2. The van der Waals surface area contributed by atoms with Crippen LogP contribution in [0.5, 0.6) is 0 Å². The monoisotopic (exact) mass is 492 g/mol. The first-order valence-corrected chi connectivity index (χ1v) is 11.7. The van der Waals surface area contributed by atoms with Crippen LogP contribution in [0.3, 0.4) is 0 Å². The maximum atomic E-state index is 13.3. The van der Waals surface area contributed by atoms with E-state index in [1.54, 1.807) is 48.5 Å². The van der Waals surface area contributed by atoms with Crippen molar-refractivity contribution >= 4 is 51.7 Å². The van der Waals surface area contributed by atoms with Crippen molar-refractivity contribution in [2.45, 2.75) is 19.8 Å².